The Morgan fingerprint density at radius 3 is 2.76 bits per heavy atom. The van der Waals surface area contributed by atoms with Gasteiger partial charge in [0.1, 0.15) is 5.60 Å². The molecular weight excluding hydrogens is 216 g/mol. The topological polar surface area (TPSA) is 48.2 Å². The lowest BCUT2D eigenvalue weighted by Crippen LogP contribution is -2.35. The minimum absolute atomic E-state index is 0.341. The molecule has 4 heteroatoms. The molecule has 0 aliphatic heterocycles. The SMILES string of the molecule is C=Cc1nc(C2(OCC)CCC(C)CC2)no1. The highest BCUT2D eigenvalue weighted by Crippen LogP contribution is 2.41. The third kappa shape index (κ3) is 2.41. The predicted molar refractivity (Wildman–Crippen MR) is 65.3 cm³/mol. The van der Waals surface area contributed by atoms with Crippen molar-refractivity contribution in [1.82, 2.24) is 10.1 Å². The van der Waals surface area contributed by atoms with Crippen LogP contribution in [0.25, 0.3) is 6.08 Å². The summed E-state index contributed by atoms with van der Waals surface area (Å²) in [5.41, 5.74) is -0.341. The van der Waals surface area contributed by atoms with Crippen molar-refractivity contribution >= 4 is 6.08 Å². The largest absolute Gasteiger partial charge is 0.367 e. The van der Waals surface area contributed by atoms with E-state index in [-0.39, 0.29) is 5.60 Å². The van der Waals surface area contributed by atoms with Crippen molar-refractivity contribution in [2.24, 2.45) is 5.92 Å². The van der Waals surface area contributed by atoms with Crippen molar-refractivity contribution in [3.05, 3.63) is 18.3 Å². The molecule has 1 fully saturated rings. The lowest BCUT2D eigenvalue weighted by Gasteiger charge is -2.36. The van der Waals surface area contributed by atoms with Crippen LogP contribution in [0.2, 0.25) is 0 Å². The first-order valence-corrected chi connectivity index (χ1v) is 6.31. The molecule has 1 aliphatic carbocycles. The van der Waals surface area contributed by atoms with Gasteiger partial charge in [0.25, 0.3) is 0 Å². The lowest BCUT2D eigenvalue weighted by atomic mass is 9.79. The predicted octanol–water partition coefficient (Wildman–Crippen LogP) is 3.15. The van der Waals surface area contributed by atoms with Crippen molar-refractivity contribution < 1.29 is 9.26 Å². The molecule has 17 heavy (non-hydrogen) atoms. The van der Waals surface area contributed by atoms with Gasteiger partial charge in [-0.05, 0) is 44.6 Å². The maximum atomic E-state index is 5.94. The number of hydrogen-bond donors (Lipinski definition) is 0. The van der Waals surface area contributed by atoms with E-state index >= 15 is 0 Å². The van der Waals surface area contributed by atoms with Gasteiger partial charge < -0.3 is 9.26 Å². The molecule has 0 spiro atoms. The molecule has 0 N–H and O–H groups in total. The Kier molecular flexibility index (Phi) is 3.62. The Morgan fingerprint density at radius 1 is 1.53 bits per heavy atom. The molecule has 0 atom stereocenters. The third-order valence-electron chi connectivity index (χ3n) is 3.53. The minimum atomic E-state index is -0.341. The van der Waals surface area contributed by atoms with Gasteiger partial charge in [0, 0.05) is 6.61 Å². The van der Waals surface area contributed by atoms with E-state index in [2.05, 4.69) is 23.6 Å². The van der Waals surface area contributed by atoms with Gasteiger partial charge in [0.15, 0.2) is 0 Å². The Morgan fingerprint density at radius 2 is 2.24 bits per heavy atom. The van der Waals surface area contributed by atoms with Crippen LogP contribution in [-0.2, 0) is 10.3 Å². The minimum Gasteiger partial charge on any atom is -0.367 e. The van der Waals surface area contributed by atoms with Crippen LogP contribution in [0.4, 0.5) is 0 Å². The van der Waals surface area contributed by atoms with Gasteiger partial charge in [-0.2, -0.15) is 4.98 Å². The zero-order valence-corrected chi connectivity index (χ0v) is 10.6. The zero-order chi connectivity index (χ0) is 12.3. The summed E-state index contributed by atoms with van der Waals surface area (Å²) in [5.74, 6) is 1.91. The van der Waals surface area contributed by atoms with Crippen LogP contribution < -0.4 is 0 Å². The Balaban J connectivity index is 2.24. The summed E-state index contributed by atoms with van der Waals surface area (Å²) in [6.07, 6.45) is 5.81. The summed E-state index contributed by atoms with van der Waals surface area (Å²) in [4.78, 5) is 4.35. The Labute approximate surface area is 102 Å². The van der Waals surface area contributed by atoms with Gasteiger partial charge in [-0.25, -0.2) is 0 Å². The van der Waals surface area contributed by atoms with Crippen molar-refractivity contribution in [2.75, 3.05) is 6.61 Å². The summed E-state index contributed by atoms with van der Waals surface area (Å²) in [6, 6.07) is 0. The molecular formula is C13H20N2O2. The summed E-state index contributed by atoms with van der Waals surface area (Å²) < 4.78 is 11.0. The second-order valence-electron chi connectivity index (χ2n) is 4.77. The van der Waals surface area contributed by atoms with E-state index in [1.807, 2.05) is 6.92 Å². The van der Waals surface area contributed by atoms with Crippen molar-refractivity contribution in [1.29, 1.82) is 0 Å². The smallest absolute Gasteiger partial charge is 0.250 e. The molecule has 4 nitrogen and oxygen atoms in total. The third-order valence-corrected chi connectivity index (χ3v) is 3.53. The number of nitrogens with zero attached hydrogens (tertiary/aromatic N) is 2. The number of hydrogen-bond acceptors (Lipinski definition) is 4. The number of aromatic nitrogens is 2. The Hall–Kier alpha value is -1.16. The molecule has 0 saturated heterocycles. The van der Waals surface area contributed by atoms with Crippen LogP contribution in [0.1, 0.15) is 51.2 Å². The molecule has 1 aromatic rings. The lowest BCUT2D eigenvalue weighted by molar-refractivity contribution is -0.0847. The van der Waals surface area contributed by atoms with E-state index in [9.17, 15) is 0 Å². The quantitative estimate of drug-likeness (QED) is 0.805. The van der Waals surface area contributed by atoms with Gasteiger partial charge in [-0.3, -0.25) is 0 Å². The maximum absolute atomic E-state index is 5.94. The fourth-order valence-corrected chi connectivity index (χ4v) is 2.44. The summed E-state index contributed by atoms with van der Waals surface area (Å²) in [7, 11) is 0. The molecule has 0 unspecified atom stereocenters. The van der Waals surface area contributed by atoms with Gasteiger partial charge in [0.2, 0.25) is 11.7 Å². The summed E-state index contributed by atoms with van der Waals surface area (Å²) >= 11 is 0. The van der Waals surface area contributed by atoms with Crippen LogP contribution in [0, 0.1) is 5.92 Å². The average molecular weight is 236 g/mol. The molecule has 0 amide bonds. The molecule has 1 aromatic heterocycles. The van der Waals surface area contributed by atoms with E-state index in [4.69, 9.17) is 9.26 Å². The second kappa shape index (κ2) is 5.00. The molecule has 1 heterocycles. The first-order valence-electron chi connectivity index (χ1n) is 6.31. The fraction of sp³-hybridized carbons (Fsp3) is 0.692. The first-order chi connectivity index (χ1) is 8.20. The molecule has 2 rings (SSSR count). The maximum Gasteiger partial charge on any atom is 0.250 e. The molecule has 1 aliphatic rings. The van der Waals surface area contributed by atoms with E-state index < -0.39 is 0 Å². The number of rotatable bonds is 4. The van der Waals surface area contributed by atoms with Crippen LogP contribution in [-0.4, -0.2) is 16.7 Å². The standard InChI is InChI=1S/C13H20N2O2/c1-4-11-14-12(15-17-11)13(16-5-2)8-6-10(3)7-9-13/h4,10H,1,5-9H2,2-3H3. The highest BCUT2D eigenvalue weighted by Gasteiger charge is 2.40. The first kappa shape index (κ1) is 12.3. The van der Waals surface area contributed by atoms with Crippen LogP contribution in [0.15, 0.2) is 11.1 Å². The molecule has 0 bridgehead atoms. The highest BCUT2D eigenvalue weighted by molar-refractivity contribution is 5.33. The summed E-state index contributed by atoms with van der Waals surface area (Å²) in [5, 5.41) is 4.04. The van der Waals surface area contributed by atoms with Crippen LogP contribution >= 0.6 is 0 Å². The molecule has 94 valence electrons. The van der Waals surface area contributed by atoms with Gasteiger partial charge in [-0.15, -0.1) is 0 Å². The van der Waals surface area contributed by atoms with Crippen LogP contribution in [0.5, 0.6) is 0 Å². The Bertz CT molecular complexity index is 379. The molecule has 0 aromatic carbocycles. The average Bonchev–Trinajstić information content (AvgIpc) is 2.82. The van der Waals surface area contributed by atoms with Crippen molar-refractivity contribution in [2.45, 2.75) is 45.1 Å². The monoisotopic (exact) mass is 236 g/mol. The van der Waals surface area contributed by atoms with Gasteiger partial charge in [0.05, 0.1) is 0 Å². The summed E-state index contributed by atoms with van der Waals surface area (Å²) in [6.45, 7) is 8.59. The van der Waals surface area contributed by atoms with E-state index in [0.717, 1.165) is 31.6 Å². The van der Waals surface area contributed by atoms with E-state index in [1.165, 1.54) is 0 Å². The van der Waals surface area contributed by atoms with Gasteiger partial charge in [-0.1, -0.05) is 18.7 Å². The molecule has 0 radical (unpaired) electrons. The van der Waals surface area contributed by atoms with Gasteiger partial charge >= 0.3 is 0 Å². The number of ether oxygens (including phenoxy) is 1. The van der Waals surface area contributed by atoms with E-state index in [1.54, 1.807) is 6.08 Å². The van der Waals surface area contributed by atoms with Crippen molar-refractivity contribution in [3.63, 3.8) is 0 Å². The van der Waals surface area contributed by atoms with E-state index in [0.29, 0.717) is 18.3 Å². The normalized spacial score (nSPS) is 29.2. The second-order valence-corrected chi connectivity index (χ2v) is 4.77. The van der Waals surface area contributed by atoms with Crippen molar-refractivity contribution in [3.8, 4) is 0 Å². The van der Waals surface area contributed by atoms with Crippen LogP contribution in [0.3, 0.4) is 0 Å². The zero-order valence-electron chi connectivity index (χ0n) is 10.6. The highest BCUT2D eigenvalue weighted by atomic mass is 16.5. The molecule has 1 saturated carbocycles. The fourth-order valence-electron chi connectivity index (χ4n) is 2.44.